The van der Waals surface area contributed by atoms with E-state index in [1.54, 1.807) is 0 Å². The molecule has 0 spiro atoms. The van der Waals surface area contributed by atoms with Gasteiger partial charge in [0.05, 0.1) is 12.7 Å². The summed E-state index contributed by atoms with van der Waals surface area (Å²) in [5.74, 6) is 0.375. The predicted molar refractivity (Wildman–Crippen MR) is 45.7 cm³/mol. The first-order valence-corrected chi connectivity index (χ1v) is 4.78. The third kappa shape index (κ3) is 1.26. The van der Waals surface area contributed by atoms with Gasteiger partial charge in [-0.1, -0.05) is 0 Å². The molecule has 3 nitrogen and oxygen atoms in total. The molecule has 0 radical (unpaired) electrons. The average molecular weight is 171 g/mol. The van der Waals surface area contributed by atoms with Gasteiger partial charge in [-0.2, -0.15) is 0 Å². The molecule has 70 valence electrons. The van der Waals surface area contributed by atoms with Crippen LogP contribution >= 0.6 is 0 Å². The van der Waals surface area contributed by atoms with Crippen LogP contribution in [0.1, 0.15) is 19.3 Å². The van der Waals surface area contributed by atoms with Crippen molar-refractivity contribution in [2.24, 2.45) is 11.3 Å². The maximum Gasteiger partial charge on any atom is 0.0659 e. The van der Waals surface area contributed by atoms with Crippen LogP contribution in [0.25, 0.3) is 0 Å². The molecule has 12 heavy (non-hydrogen) atoms. The Labute approximate surface area is 72.8 Å². The average Bonchev–Trinajstić information content (AvgIpc) is 2.71. The second kappa shape index (κ2) is 2.98. The van der Waals surface area contributed by atoms with Crippen molar-refractivity contribution in [1.82, 2.24) is 5.32 Å². The maximum atomic E-state index is 9.94. The molecule has 3 N–H and O–H groups in total. The fourth-order valence-electron chi connectivity index (χ4n) is 2.15. The molecule has 0 aromatic carbocycles. The van der Waals surface area contributed by atoms with E-state index in [2.05, 4.69) is 5.32 Å². The number of aliphatic hydroxyl groups excluding tert-OH is 2. The van der Waals surface area contributed by atoms with Crippen LogP contribution in [0.2, 0.25) is 0 Å². The first-order valence-electron chi connectivity index (χ1n) is 4.78. The molecule has 1 aliphatic heterocycles. The summed E-state index contributed by atoms with van der Waals surface area (Å²) >= 11 is 0. The minimum absolute atomic E-state index is 0.114. The second-order valence-corrected chi connectivity index (χ2v) is 4.22. The Morgan fingerprint density at radius 3 is 2.67 bits per heavy atom. The zero-order valence-electron chi connectivity index (χ0n) is 7.29. The Balaban J connectivity index is 1.94. The van der Waals surface area contributed by atoms with E-state index in [4.69, 9.17) is 5.11 Å². The Bertz CT molecular complexity index is 162. The summed E-state index contributed by atoms with van der Waals surface area (Å²) in [5, 5.41) is 22.3. The van der Waals surface area contributed by atoms with Crippen LogP contribution in [-0.4, -0.2) is 36.0 Å². The monoisotopic (exact) mass is 171 g/mol. The van der Waals surface area contributed by atoms with Gasteiger partial charge in [0, 0.05) is 12.0 Å². The van der Waals surface area contributed by atoms with E-state index in [1.807, 2.05) is 0 Å². The molecule has 1 aliphatic carbocycles. The third-order valence-electron chi connectivity index (χ3n) is 3.38. The van der Waals surface area contributed by atoms with E-state index in [0.29, 0.717) is 5.92 Å². The van der Waals surface area contributed by atoms with Crippen molar-refractivity contribution in [3.8, 4) is 0 Å². The van der Waals surface area contributed by atoms with Gasteiger partial charge in [0.15, 0.2) is 0 Å². The molecule has 2 aliphatic rings. The fourth-order valence-corrected chi connectivity index (χ4v) is 2.15. The van der Waals surface area contributed by atoms with E-state index in [-0.39, 0.29) is 18.1 Å². The van der Waals surface area contributed by atoms with Crippen LogP contribution in [0, 0.1) is 11.3 Å². The SMILES string of the molecule is OCC1(C(O)C2CCNC2)CC1. The lowest BCUT2D eigenvalue weighted by Gasteiger charge is -2.24. The predicted octanol–water partition coefficient (Wildman–Crippen LogP) is -0.271. The fraction of sp³-hybridized carbons (Fsp3) is 1.00. The molecule has 0 aromatic heterocycles. The van der Waals surface area contributed by atoms with Gasteiger partial charge in [0.2, 0.25) is 0 Å². The van der Waals surface area contributed by atoms with Gasteiger partial charge in [-0.25, -0.2) is 0 Å². The Morgan fingerprint density at radius 1 is 1.50 bits per heavy atom. The number of hydrogen-bond acceptors (Lipinski definition) is 3. The van der Waals surface area contributed by atoms with Crippen LogP contribution in [0.4, 0.5) is 0 Å². The summed E-state index contributed by atoms with van der Waals surface area (Å²) in [4.78, 5) is 0. The standard InChI is InChI=1S/C9H17NO2/c11-6-9(2-3-9)8(12)7-1-4-10-5-7/h7-8,10-12H,1-6H2. The molecule has 2 atom stereocenters. The molecular weight excluding hydrogens is 154 g/mol. The van der Waals surface area contributed by atoms with E-state index in [9.17, 15) is 5.11 Å². The molecule has 2 unspecified atom stereocenters. The summed E-state index contributed by atoms with van der Waals surface area (Å²) in [6.07, 6.45) is 2.78. The van der Waals surface area contributed by atoms with Crippen molar-refractivity contribution in [2.45, 2.75) is 25.4 Å². The van der Waals surface area contributed by atoms with Crippen LogP contribution in [0.3, 0.4) is 0 Å². The van der Waals surface area contributed by atoms with Gasteiger partial charge in [-0.05, 0) is 31.7 Å². The smallest absolute Gasteiger partial charge is 0.0659 e. The van der Waals surface area contributed by atoms with Crippen LogP contribution in [0.5, 0.6) is 0 Å². The van der Waals surface area contributed by atoms with Crippen molar-refractivity contribution in [3.63, 3.8) is 0 Å². The zero-order valence-corrected chi connectivity index (χ0v) is 7.29. The highest BCUT2D eigenvalue weighted by molar-refractivity contribution is 5.01. The van der Waals surface area contributed by atoms with Crippen molar-refractivity contribution in [1.29, 1.82) is 0 Å². The largest absolute Gasteiger partial charge is 0.396 e. The van der Waals surface area contributed by atoms with Crippen LogP contribution in [0.15, 0.2) is 0 Å². The van der Waals surface area contributed by atoms with Crippen LogP contribution < -0.4 is 5.32 Å². The maximum absolute atomic E-state index is 9.94. The molecule has 0 bridgehead atoms. The number of rotatable bonds is 3. The van der Waals surface area contributed by atoms with Crippen molar-refractivity contribution in [2.75, 3.05) is 19.7 Å². The molecule has 0 amide bonds. The molecular formula is C9H17NO2. The lowest BCUT2D eigenvalue weighted by molar-refractivity contribution is 0.0135. The van der Waals surface area contributed by atoms with Gasteiger partial charge in [0.1, 0.15) is 0 Å². The van der Waals surface area contributed by atoms with E-state index in [0.717, 1.165) is 32.4 Å². The molecule has 1 saturated heterocycles. The van der Waals surface area contributed by atoms with Crippen LogP contribution in [-0.2, 0) is 0 Å². The highest BCUT2D eigenvalue weighted by Gasteiger charge is 2.51. The van der Waals surface area contributed by atoms with E-state index >= 15 is 0 Å². The lowest BCUT2D eigenvalue weighted by atomic mass is 9.88. The quantitative estimate of drug-likeness (QED) is 0.548. The lowest BCUT2D eigenvalue weighted by Crippen LogP contribution is -2.34. The second-order valence-electron chi connectivity index (χ2n) is 4.22. The molecule has 1 saturated carbocycles. The van der Waals surface area contributed by atoms with Gasteiger partial charge in [-0.15, -0.1) is 0 Å². The van der Waals surface area contributed by atoms with Crippen molar-refractivity contribution in [3.05, 3.63) is 0 Å². The van der Waals surface area contributed by atoms with Gasteiger partial charge in [-0.3, -0.25) is 0 Å². The first-order chi connectivity index (χ1) is 5.78. The molecule has 3 heteroatoms. The summed E-state index contributed by atoms with van der Waals surface area (Å²) in [7, 11) is 0. The summed E-state index contributed by atoms with van der Waals surface area (Å²) in [6.45, 7) is 2.09. The number of nitrogens with one attached hydrogen (secondary N) is 1. The minimum atomic E-state index is -0.280. The van der Waals surface area contributed by atoms with Gasteiger partial charge < -0.3 is 15.5 Å². The highest BCUT2D eigenvalue weighted by Crippen LogP contribution is 2.50. The summed E-state index contributed by atoms with van der Waals surface area (Å²) in [6, 6.07) is 0. The number of aliphatic hydroxyl groups is 2. The zero-order chi connectivity index (χ0) is 8.60. The summed E-state index contributed by atoms with van der Waals surface area (Å²) in [5.41, 5.74) is -0.114. The molecule has 2 fully saturated rings. The van der Waals surface area contributed by atoms with E-state index in [1.165, 1.54) is 0 Å². The highest BCUT2D eigenvalue weighted by atomic mass is 16.3. The Morgan fingerprint density at radius 2 is 2.25 bits per heavy atom. The number of hydrogen-bond donors (Lipinski definition) is 3. The Kier molecular flexibility index (Phi) is 2.10. The van der Waals surface area contributed by atoms with Gasteiger partial charge >= 0.3 is 0 Å². The van der Waals surface area contributed by atoms with Gasteiger partial charge in [0.25, 0.3) is 0 Å². The topological polar surface area (TPSA) is 52.5 Å². The normalized spacial score (nSPS) is 35.0. The molecule has 2 rings (SSSR count). The van der Waals surface area contributed by atoms with Crippen molar-refractivity contribution < 1.29 is 10.2 Å². The first kappa shape index (κ1) is 8.48. The van der Waals surface area contributed by atoms with E-state index < -0.39 is 0 Å². The minimum Gasteiger partial charge on any atom is -0.396 e. The third-order valence-corrected chi connectivity index (χ3v) is 3.38. The van der Waals surface area contributed by atoms with Crippen molar-refractivity contribution >= 4 is 0 Å². The Hall–Kier alpha value is -0.120. The summed E-state index contributed by atoms with van der Waals surface area (Å²) < 4.78 is 0. The molecule has 0 aromatic rings. The molecule has 1 heterocycles.